The van der Waals surface area contributed by atoms with Crippen molar-refractivity contribution in [1.29, 1.82) is 0 Å². The van der Waals surface area contributed by atoms with E-state index in [0.29, 0.717) is 0 Å². The zero-order valence-corrected chi connectivity index (χ0v) is 23.0. The van der Waals surface area contributed by atoms with E-state index in [-0.39, 0.29) is 29.4 Å². The molecule has 3 aromatic heterocycles. The molecule has 2 saturated heterocycles. The number of hydrogen-bond acceptors (Lipinski definition) is 14. The second kappa shape index (κ2) is 10.9. The minimum absolute atomic E-state index is 0.0451. The van der Waals surface area contributed by atoms with Crippen LogP contribution >= 0.6 is 15.6 Å². The van der Waals surface area contributed by atoms with Crippen LogP contribution in [0.2, 0.25) is 0 Å². The number of hydrogen-bond donors (Lipinski definition) is 8. The summed E-state index contributed by atoms with van der Waals surface area (Å²) in [6.45, 7) is -1.01. The summed E-state index contributed by atoms with van der Waals surface area (Å²) in [4.78, 5) is 76.7. The number of H-pyrrole nitrogens is 1. The number of phosphoric acid groups is 2. The van der Waals surface area contributed by atoms with Crippen LogP contribution in [-0.2, 0) is 27.7 Å². The van der Waals surface area contributed by atoms with Gasteiger partial charge in [-0.1, -0.05) is 0 Å². The second-order valence-electron chi connectivity index (χ2n) is 9.68. The van der Waals surface area contributed by atoms with Crippen molar-refractivity contribution >= 4 is 38.6 Å². The van der Waals surface area contributed by atoms with E-state index in [0.717, 1.165) is 4.57 Å². The first-order valence-corrected chi connectivity index (χ1v) is 15.1. The fourth-order valence-corrected chi connectivity index (χ4v) is 6.03. The zero-order chi connectivity index (χ0) is 30.6. The predicted octanol–water partition coefficient (Wildman–Crippen LogP) is -2.18. The Bertz CT molecular complexity index is 1700. The highest BCUT2D eigenvalue weighted by molar-refractivity contribution is 7.46. The summed E-state index contributed by atoms with van der Waals surface area (Å²) in [5, 5.41) is 10.9. The molecule has 42 heavy (non-hydrogen) atoms. The van der Waals surface area contributed by atoms with Crippen LogP contribution in [0, 0.1) is 0 Å². The van der Waals surface area contributed by atoms with Crippen molar-refractivity contribution in [2.45, 2.75) is 55.6 Å². The van der Waals surface area contributed by atoms with Crippen LogP contribution in [0.1, 0.15) is 31.7 Å². The number of nitrogens with one attached hydrogen (secondary N) is 1. The van der Waals surface area contributed by atoms with Gasteiger partial charge in [-0.3, -0.25) is 28.0 Å². The Hall–Kier alpha value is -3.07. The van der Waals surface area contributed by atoms with Crippen molar-refractivity contribution in [1.82, 2.24) is 29.1 Å². The maximum atomic E-state index is 12.5. The smallest absolute Gasteiger partial charge is 0.390 e. The van der Waals surface area contributed by atoms with E-state index in [1.165, 1.54) is 23.2 Å². The molecule has 10 N–H and O–H groups in total. The molecule has 0 aromatic carbocycles. The standard InChI is InChI=1S/C19H26N8O13P2/c20-11-1-2-26(18(30)23-11)13-4-10(40-42(34,35)36)19(39-13,6-37-41(31,32)33)5-9-8(28)3-12(38-9)27-7-22-14-15(27)24-17(21)25-16(14)29/h1-2,7-10,12-13,28H,3-6H2,(H2,20,23,30)(H2,31,32,33)(H2,34,35,36)(H3,21,24,25,29). The summed E-state index contributed by atoms with van der Waals surface area (Å²) in [7, 11) is -10.5. The number of fused-ring (bicyclic) bond motifs is 1. The maximum Gasteiger partial charge on any atom is 0.469 e. The molecule has 0 saturated carbocycles. The average molecular weight is 636 g/mol. The molecule has 5 rings (SSSR count). The van der Waals surface area contributed by atoms with Gasteiger partial charge < -0.3 is 45.6 Å². The van der Waals surface area contributed by atoms with Gasteiger partial charge in [-0.2, -0.15) is 9.97 Å². The van der Waals surface area contributed by atoms with Gasteiger partial charge in [0.05, 0.1) is 25.1 Å². The first kappa shape index (κ1) is 30.4. The van der Waals surface area contributed by atoms with Crippen LogP contribution in [0.15, 0.2) is 28.2 Å². The van der Waals surface area contributed by atoms with Crippen molar-refractivity contribution in [2.75, 3.05) is 18.1 Å². The lowest BCUT2D eigenvalue weighted by Gasteiger charge is -2.36. The number of nitrogen functional groups attached to an aromatic ring is 2. The van der Waals surface area contributed by atoms with E-state index >= 15 is 0 Å². The Morgan fingerprint density at radius 1 is 1.10 bits per heavy atom. The number of aromatic nitrogens is 6. The Morgan fingerprint density at radius 3 is 2.50 bits per heavy atom. The van der Waals surface area contributed by atoms with Gasteiger partial charge in [0.25, 0.3) is 5.56 Å². The molecule has 2 aliphatic rings. The largest absolute Gasteiger partial charge is 0.469 e. The molecule has 2 fully saturated rings. The summed E-state index contributed by atoms with van der Waals surface area (Å²) < 4.78 is 47.5. The van der Waals surface area contributed by atoms with Crippen molar-refractivity contribution < 1.29 is 52.3 Å². The Labute approximate surface area is 233 Å². The van der Waals surface area contributed by atoms with Crippen molar-refractivity contribution in [3.8, 4) is 0 Å². The van der Waals surface area contributed by atoms with E-state index in [9.17, 15) is 43.4 Å². The SMILES string of the molecule is Nc1ccn(C2CC(OP(=O)(O)O)C(COP(=O)(O)O)(CC3OC(n4cnc5c(=O)[nH]c(N)nc54)CC3O)O2)c(=O)n1. The molecule has 2 aliphatic heterocycles. The lowest BCUT2D eigenvalue weighted by molar-refractivity contribution is -0.155. The number of nitrogens with two attached hydrogens (primary N) is 2. The summed E-state index contributed by atoms with van der Waals surface area (Å²) in [5.74, 6) is -0.319. The number of imidazole rings is 1. The number of nitrogens with zero attached hydrogens (tertiary/aromatic N) is 5. The maximum absolute atomic E-state index is 12.5. The Morgan fingerprint density at radius 2 is 1.83 bits per heavy atom. The molecule has 0 bridgehead atoms. The fraction of sp³-hybridized carbons (Fsp3) is 0.526. The van der Waals surface area contributed by atoms with Crippen LogP contribution in [0.4, 0.5) is 11.8 Å². The third-order valence-corrected chi connectivity index (χ3v) is 7.78. The van der Waals surface area contributed by atoms with Crippen LogP contribution in [0.3, 0.4) is 0 Å². The highest BCUT2D eigenvalue weighted by Crippen LogP contribution is 2.52. The van der Waals surface area contributed by atoms with Gasteiger partial charge in [0.2, 0.25) is 5.95 Å². The summed E-state index contributed by atoms with van der Waals surface area (Å²) in [5.41, 5.74) is 7.54. The number of aromatic amines is 1. The summed E-state index contributed by atoms with van der Waals surface area (Å²) in [6, 6.07) is 1.26. The van der Waals surface area contributed by atoms with Gasteiger partial charge in [0.15, 0.2) is 11.2 Å². The summed E-state index contributed by atoms with van der Waals surface area (Å²) >= 11 is 0. The van der Waals surface area contributed by atoms with Crippen molar-refractivity contribution in [2.24, 2.45) is 0 Å². The third-order valence-electron chi connectivity index (χ3n) is 6.79. The molecule has 5 heterocycles. The van der Waals surface area contributed by atoms with Crippen LogP contribution < -0.4 is 22.7 Å². The number of aliphatic hydroxyl groups is 1. The summed E-state index contributed by atoms with van der Waals surface area (Å²) in [6.07, 6.45) is -5.08. The number of rotatable bonds is 9. The van der Waals surface area contributed by atoms with Gasteiger partial charge in [0.1, 0.15) is 30.0 Å². The van der Waals surface area contributed by atoms with Gasteiger partial charge >= 0.3 is 21.3 Å². The molecule has 23 heteroatoms. The van der Waals surface area contributed by atoms with Crippen LogP contribution in [-0.4, -0.2) is 84.3 Å². The average Bonchev–Trinajstić information content (AvgIpc) is 3.53. The first-order chi connectivity index (χ1) is 19.5. The second-order valence-corrected chi connectivity index (χ2v) is 12.1. The normalized spacial score (nSPS) is 28.5. The minimum atomic E-state index is -5.27. The molecule has 0 amide bonds. The molecule has 6 unspecified atom stereocenters. The molecule has 3 aromatic rings. The topological polar surface area (TPSA) is 323 Å². The van der Waals surface area contributed by atoms with Crippen LogP contribution in [0.5, 0.6) is 0 Å². The Balaban J connectivity index is 1.50. The van der Waals surface area contributed by atoms with E-state index < -0.39 is 82.7 Å². The van der Waals surface area contributed by atoms with E-state index in [2.05, 4.69) is 19.9 Å². The van der Waals surface area contributed by atoms with Gasteiger partial charge in [-0.25, -0.2) is 18.9 Å². The van der Waals surface area contributed by atoms with Gasteiger partial charge in [0, 0.05) is 25.5 Å². The predicted molar refractivity (Wildman–Crippen MR) is 137 cm³/mol. The zero-order valence-electron chi connectivity index (χ0n) is 21.2. The van der Waals surface area contributed by atoms with Crippen LogP contribution in [0.25, 0.3) is 11.2 Å². The highest BCUT2D eigenvalue weighted by Gasteiger charge is 2.56. The quantitative estimate of drug-likeness (QED) is 0.116. The highest BCUT2D eigenvalue weighted by atomic mass is 31.2. The third kappa shape index (κ3) is 6.31. The molecular weight excluding hydrogens is 610 g/mol. The number of ether oxygens (including phenoxy) is 2. The van der Waals surface area contributed by atoms with Crippen molar-refractivity contribution in [3.05, 3.63) is 39.4 Å². The molecule has 0 radical (unpaired) electrons. The molecule has 0 spiro atoms. The van der Waals surface area contributed by atoms with E-state index in [4.69, 9.17) is 30.0 Å². The molecule has 0 aliphatic carbocycles. The molecular formula is C19H26N8O13P2. The number of aliphatic hydroxyl groups excluding tert-OH is 1. The van der Waals surface area contributed by atoms with E-state index in [1.54, 1.807) is 0 Å². The number of anilines is 2. The van der Waals surface area contributed by atoms with Gasteiger partial charge in [-0.05, 0) is 6.07 Å². The monoisotopic (exact) mass is 636 g/mol. The fourth-order valence-electron chi connectivity index (χ4n) is 5.04. The molecule has 21 nitrogen and oxygen atoms in total. The lowest BCUT2D eigenvalue weighted by atomic mass is 9.89. The van der Waals surface area contributed by atoms with Gasteiger partial charge in [-0.15, -0.1) is 0 Å². The minimum Gasteiger partial charge on any atom is -0.390 e. The lowest BCUT2D eigenvalue weighted by Crippen LogP contribution is -2.49. The van der Waals surface area contributed by atoms with Crippen molar-refractivity contribution in [3.63, 3.8) is 0 Å². The Kier molecular flexibility index (Phi) is 7.88. The molecule has 6 atom stereocenters. The first-order valence-electron chi connectivity index (χ1n) is 12.1. The van der Waals surface area contributed by atoms with E-state index in [1.807, 2.05) is 0 Å². The molecule has 230 valence electrons. The number of phosphoric ester groups is 2.